The molecule has 17 heavy (non-hydrogen) atoms. The summed E-state index contributed by atoms with van der Waals surface area (Å²) in [6, 6.07) is 1.39. The molecule has 0 saturated carbocycles. The predicted octanol–water partition coefficient (Wildman–Crippen LogP) is 0.835. The van der Waals surface area contributed by atoms with Crippen molar-refractivity contribution in [2.24, 2.45) is 0 Å². The standard InChI is InChI=1S/C10H13N3O4/c1-16-9-6-8(13(14)15)7-11-10(9)12-2-4-17-5-3-12/h6-7H,2-5H2,1H3. The van der Waals surface area contributed by atoms with E-state index >= 15 is 0 Å². The second-order valence-corrected chi connectivity index (χ2v) is 3.58. The van der Waals surface area contributed by atoms with Gasteiger partial charge >= 0.3 is 0 Å². The Morgan fingerprint density at radius 2 is 2.24 bits per heavy atom. The molecular formula is C10H13N3O4. The first-order valence-electron chi connectivity index (χ1n) is 5.23. The van der Waals surface area contributed by atoms with Crippen LogP contribution in [0.2, 0.25) is 0 Å². The average Bonchev–Trinajstić information content (AvgIpc) is 2.39. The Morgan fingerprint density at radius 1 is 1.53 bits per heavy atom. The van der Waals surface area contributed by atoms with Crippen molar-refractivity contribution in [1.82, 2.24) is 4.98 Å². The molecule has 0 unspecified atom stereocenters. The average molecular weight is 239 g/mol. The summed E-state index contributed by atoms with van der Waals surface area (Å²) in [5.41, 5.74) is -0.0705. The van der Waals surface area contributed by atoms with Crippen molar-refractivity contribution < 1.29 is 14.4 Å². The second-order valence-electron chi connectivity index (χ2n) is 3.58. The first kappa shape index (κ1) is 11.6. The monoisotopic (exact) mass is 239 g/mol. The maximum Gasteiger partial charge on any atom is 0.291 e. The van der Waals surface area contributed by atoms with E-state index in [-0.39, 0.29) is 5.69 Å². The van der Waals surface area contributed by atoms with Crippen LogP contribution in [-0.4, -0.2) is 43.3 Å². The van der Waals surface area contributed by atoms with Crippen LogP contribution in [0.15, 0.2) is 12.3 Å². The Bertz CT molecular complexity index is 418. The van der Waals surface area contributed by atoms with Crippen LogP contribution in [0, 0.1) is 10.1 Å². The molecule has 1 aromatic heterocycles. The molecule has 1 aliphatic rings. The van der Waals surface area contributed by atoms with Crippen LogP contribution >= 0.6 is 0 Å². The van der Waals surface area contributed by atoms with E-state index < -0.39 is 4.92 Å². The third-order valence-electron chi connectivity index (χ3n) is 2.56. The molecule has 0 atom stereocenters. The van der Waals surface area contributed by atoms with Crippen LogP contribution in [0.25, 0.3) is 0 Å². The molecule has 7 heteroatoms. The summed E-state index contributed by atoms with van der Waals surface area (Å²) >= 11 is 0. The van der Waals surface area contributed by atoms with Crippen molar-refractivity contribution in [3.05, 3.63) is 22.4 Å². The van der Waals surface area contributed by atoms with Crippen molar-refractivity contribution in [1.29, 1.82) is 0 Å². The van der Waals surface area contributed by atoms with Crippen LogP contribution in [-0.2, 0) is 4.74 Å². The molecular weight excluding hydrogens is 226 g/mol. The highest BCUT2D eigenvalue weighted by Crippen LogP contribution is 2.29. The van der Waals surface area contributed by atoms with Gasteiger partial charge in [-0.2, -0.15) is 0 Å². The van der Waals surface area contributed by atoms with E-state index in [1.54, 1.807) is 0 Å². The van der Waals surface area contributed by atoms with Crippen LogP contribution in [0.4, 0.5) is 11.5 Å². The van der Waals surface area contributed by atoms with E-state index in [9.17, 15) is 10.1 Å². The fraction of sp³-hybridized carbons (Fsp3) is 0.500. The highest BCUT2D eigenvalue weighted by atomic mass is 16.6. The minimum Gasteiger partial charge on any atom is -0.493 e. The van der Waals surface area contributed by atoms with Crippen LogP contribution in [0.5, 0.6) is 5.75 Å². The lowest BCUT2D eigenvalue weighted by Gasteiger charge is -2.28. The van der Waals surface area contributed by atoms with Gasteiger partial charge in [-0.1, -0.05) is 0 Å². The normalized spacial score (nSPS) is 15.7. The second kappa shape index (κ2) is 4.96. The first-order valence-corrected chi connectivity index (χ1v) is 5.23. The third kappa shape index (κ3) is 2.44. The molecule has 0 N–H and O–H groups in total. The largest absolute Gasteiger partial charge is 0.493 e. The van der Waals surface area contributed by atoms with E-state index in [1.165, 1.54) is 19.4 Å². The molecule has 0 aromatic carbocycles. The molecule has 0 spiro atoms. The summed E-state index contributed by atoms with van der Waals surface area (Å²) < 4.78 is 10.4. The van der Waals surface area contributed by atoms with Gasteiger partial charge in [0.25, 0.3) is 5.69 Å². The predicted molar refractivity (Wildman–Crippen MR) is 60.5 cm³/mol. The number of nitro groups is 1. The van der Waals surface area contributed by atoms with Gasteiger partial charge < -0.3 is 14.4 Å². The van der Waals surface area contributed by atoms with Crippen molar-refractivity contribution in [2.75, 3.05) is 38.3 Å². The summed E-state index contributed by atoms with van der Waals surface area (Å²) in [4.78, 5) is 16.2. The van der Waals surface area contributed by atoms with Crippen molar-refractivity contribution in [3.63, 3.8) is 0 Å². The van der Waals surface area contributed by atoms with E-state index in [0.717, 1.165) is 0 Å². The van der Waals surface area contributed by atoms with E-state index in [0.29, 0.717) is 37.9 Å². The number of rotatable bonds is 3. The Kier molecular flexibility index (Phi) is 3.38. The smallest absolute Gasteiger partial charge is 0.291 e. The Labute approximate surface area is 98.1 Å². The molecule has 2 rings (SSSR count). The SMILES string of the molecule is COc1cc([N+](=O)[O-])cnc1N1CCOCC1. The molecule has 0 amide bonds. The zero-order valence-corrected chi connectivity index (χ0v) is 9.46. The van der Waals surface area contributed by atoms with Gasteiger partial charge in [-0.3, -0.25) is 10.1 Å². The molecule has 1 saturated heterocycles. The lowest BCUT2D eigenvalue weighted by Crippen LogP contribution is -2.37. The Hall–Kier alpha value is -1.89. The molecule has 1 aliphatic heterocycles. The maximum atomic E-state index is 10.6. The number of pyridine rings is 1. The Balaban J connectivity index is 2.29. The highest BCUT2D eigenvalue weighted by molar-refractivity contribution is 5.56. The van der Waals surface area contributed by atoms with Crippen molar-refractivity contribution >= 4 is 11.5 Å². The van der Waals surface area contributed by atoms with E-state index in [1.807, 2.05) is 4.90 Å². The highest BCUT2D eigenvalue weighted by Gasteiger charge is 2.19. The van der Waals surface area contributed by atoms with Gasteiger partial charge in [-0.05, 0) is 0 Å². The summed E-state index contributed by atoms with van der Waals surface area (Å²) in [5, 5.41) is 10.6. The fourth-order valence-corrected chi connectivity index (χ4v) is 1.69. The molecule has 0 bridgehead atoms. The fourth-order valence-electron chi connectivity index (χ4n) is 1.69. The summed E-state index contributed by atoms with van der Waals surface area (Å²) in [5.74, 6) is 1.04. The van der Waals surface area contributed by atoms with E-state index in [4.69, 9.17) is 9.47 Å². The van der Waals surface area contributed by atoms with Gasteiger partial charge in [0.15, 0.2) is 11.6 Å². The minimum absolute atomic E-state index is 0.0705. The number of morpholine rings is 1. The topological polar surface area (TPSA) is 77.7 Å². The van der Waals surface area contributed by atoms with Crippen LogP contribution in [0.3, 0.4) is 0 Å². The van der Waals surface area contributed by atoms with Crippen molar-refractivity contribution in [2.45, 2.75) is 0 Å². The van der Waals surface area contributed by atoms with E-state index in [2.05, 4.69) is 4.98 Å². The summed E-state index contributed by atoms with van der Waals surface area (Å²) in [6.45, 7) is 2.67. The number of nitrogens with zero attached hydrogens (tertiary/aromatic N) is 3. The van der Waals surface area contributed by atoms with Crippen molar-refractivity contribution in [3.8, 4) is 5.75 Å². The summed E-state index contributed by atoms with van der Waals surface area (Å²) in [7, 11) is 1.48. The third-order valence-corrected chi connectivity index (χ3v) is 2.56. The molecule has 0 aliphatic carbocycles. The van der Waals surface area contributed by atoms with Gasteiger partial charge in [0.2, 0.25) is 0 Å². The minimum atomic E-state index is -0.487. The number of anilines is 1. The molecule has 92 valence electrons. The summed E-state index contributed by atoms with van der Waals surface area (Å²) in [6.07, 6.45) is 1.24. The van der Waals surface area contributed by atoms with Gasteiger partial charge in [0.1, 0.15) is 6.20 Å². The lowest BCUT2D eigenvalue weighted by atomic mass is 10.3. The molecule has 7 nitrogen and oxygen atoms in total. The van der Waals surface area contributed by atoms with Crippen LogP contribution < -0.4 is 9.64 Å². The first-order chi connectivity index (χ1) is 8.22. The van der Waals surface area contributed by atoms with Gasteiger partial charge in [-0.15, -0.1) is 0 Å². The number of hydrogen-bond donors (Lipinski definition) is 0. The van der Waals surface area contributed by atoms with Gasteiger partial charge in [-0.25, -0.2) is 4.98 Å². The number of aromatic nitrogens is 1. The zero-order valence-electron chi connectivity index (χ0n) is 9.46. The maximum absolute atomic E-state index is 10.6. The Morgan fingerprint density at radius 3 is 2.82 bits per heavy atom. The zero-order chi connectivity index (χ0) is 12.3. The van der Waals surface area contributed by atoms with Crippen LogP contribution in [0.1, 0.15) is 0 Å². The van der Waals surface area contributed by atoms with Gasteiger partial charge in [0, 0.05) is 13.1 Å². The molecule has 0 radical (unpaired) electrons. The number of hydrogen-bond acceptors (Lipinski definition) is 6. The quantitative estimate of drug-likeness (QED) is 0.574. The molecule has 2 heterocycles. The number of methoxy groups -OCH3 is 1. The lowest BCUT2D eigenvalue weighted by molar-refractivity contribution is -0.385. The number of ether oxygens (including phenoxy) is 2. The molecule has 1 fully saturated rings. The molecule has 1 aromatic rings. The van der Waals surface area contributed by atoms with Gasteiger partial charge in [0.05, 0.1) is 31.3 Å².